The molecule has 0 aliphatic carbocycles. The Kier molecular flexibility index (Phi) is 15.4. The number of unbranched alkanes of at least 4 members (excludes halogenated alkanes) is 7. The lowest BCUT2D eigenvalue weighted by atomic mass is 10.1. The van der Waals surface area contributed by atoms with Gasteiger partial charge in [0, 0.05) is 24.8 Å². The molecule has 244 valence electrons. The summed E-state index contributed by atoms with van der Waals surface area (Å²) >= 11 is 0. The second-order valence-electron chi connectivity index (χ2n) is 9.58. The second kappa shape index (κ2) is 17.4. The van der Waals surface area contributed by atoms with Crippen LogP contribution < -0.4 is 17.0 Å². The van der Waals surface area contributed by atoms with Crippen LogP contribution in [0.25, 0.3) is 0 Å². The first-order chi connectivity index (χ1) is 19.6. The Bertz CT molecular complexity index is 1240. The summed E-state index contributed by atoms with van der Waals surface area (Å²) in [6, 6.07) is 0. The Morgan fingerprint density at radius 1 is 0.976 bits per heavy atom. The highest BCUT2D eigenvalue weighted by Gasteiger charge is 2.43. The molecule has 42 heavy (non-hydrogen) atoms. The van der Waals surface area contributed by atoms with E-state index >= 15 is 0 Å². The van der Waals surface area contributed by atoms with E-state index in [9.17, 15) is 33.1 Å². The smallest absolute Gasteiger partial charge is 0.355 e. The van der Waals surface area contributed by atoms with E-state index in [2.05, 4.69) is 13.6 Å². The van der Waals surface area contributed by atoms with Crippen LogP contribution in [0.4, 0.5) is 0 Å². The Morgan fingerprint density at radius 2 is 1.60 bits per heavy atom. The SMILES string of the molecule is Cc1cn([C@H]2C[C@H](OCOCCCCCCCCCCN)[C@@H](COP(=O)(O)OP(=O)(O)OP(=O)(O)O)O2)c(=O)[nH]c1=O. The molecule has 1 fully saturated rings. The molecule has 7 N–H and O–H groups in total. The first-order valence-electron chi connectivity index (χ1n) is 13.3. The molecule has 1 aliphatic heterocycles. The van der Waals surface area contributed by atoms with E-state index in [0.717, 1.165) is 49.5 Å². The summed E-state index contributed by atoms with van der Waals surface area (Å²) in [5.74, 6) is 0. The maximum absolute atomic E-state index is 12.3. The zero-order valence-electron chi connectivity index (χ0n) is 23.1. The lowest BCUT2D eigenvalue weighted by Gasteiger charge is -2.21. The van der Waals surface area contributed by atoms with Gasteiger partial charge in [-0.05, 0) is 26.3 Å². The molecule has 2 unspecified atom stereocenters. The van der Waals surface area contributed by atoms with E-state index in [0.29, 0.717) is 13.2 Å². The number of aromatic amines is 1. The lowest BCUT2D eigenvalue weighted by Crippen LogP contribution is -2.33. The van der Waals surface area contributed by atoms with Gasteiger partial charge in [-0.25, -0.2) is 18.5 Å². The minimum absolute atomic E-state index is 0.0172. The minimum Gasteiger partial charge on any atom is -0.355 e. The number of phosphoric ester groups is 1. The fraction of sp³-hybridized carbons (Fsp3) is 0.810. The van der Waals surface area contributed by atoms with E-state index in [1.165, 1.54) is 19.5 Å². The van der Waals surface area contributed by atoms with Crippen molar-refractivity contribution in [3.63, 3.8) is 0 Å². The number of hydrogen-bond donors (Lipinski definition) is 6. The van der Waals surface area contributed by atoms with Crippen LogP contribution in [0, 0.1) is 6.92 Å². The van der Waals surface area contributed by atoms with Gasteiger partial charge in [0.25, 0.3) is 5.56 Å². The van der Waals surface area contributed by atoms with Crippen molar-refractivity contribution < 1.29 is 60.6 Å². The maximum Gasteiger partial charge on any atom is 0.490 e. The number of phosphoric acid groups is 3. The topological polar surface area (TPSA) is 268 Å². The first-order valence-corrected chi connectivity index (χ1v) is 17.8. The van der Waals surface area contributed by atoms with E-state index in [4.69, 9.17) is 34.3 Å². The normalized spacial score (nSPS) is 22.2. The molecule has 2 rings (SSSR count). The van der Waals surface area contributed by atoms with Crippen LogP contribution >= 0.6 is 23.5 Å². The molecule has 1 aliphatic rings. The Morgan fingerprint density at radius 3 is 2.21 bits per heavy atom. The highest BCUT2D eigenvalue weighted by Crippen LogP contribution is 2.66. The summed E-state index contributed by atoms with van der Waals surface area (Å²) < 4.78 is 64.7. The van der Waals surface area contributed by atoms with Crippen LogP contribution in [0.3, 0.4) is 0 Å². The molecule has 0 aromatic carbocycles. The average molecular weight is 667 g/mol. The molecule has 5 atom stereocenters. The standard InChI is InChI=1S/C21H40N3O15P3/c1-16-13-24(21(26)23-20(16)25)19-12-17(35-15-34-11-9-7-5-3-2-4-6-8-10-22)18(37-19)14-36-41(30,31)39-42(32,33)38-40(27,28)29/h13,17-19H,2-12,14-15,22H2,1H3,(H,30,31)(H,32,33)(H,23,25,26)(H2,27,28,29)/t17-,18+,19+/m0/s1. The highest BCUT2D eigenvalue weighted by molar-refractivity contribution is 7.66. The molecular weight excluding hydrogens is 627 g/mol. The van der Waals surface area contributed by atoms with E-state index in [-0.39, 0.29) is 18.8 Å². The zero-order valence-corrected chi connectivity index (χ0v) is 25.8. The van der Waals surface area contributed by atoms with Gasteiger partial charge in [0.05, 0.1) is 12.7 Å². The minimum atomic E-state index is -5.71. The molecule has 0 bridgehead atoms. The molecule has 1 aromatic heterocycles. The Labute approximate surface area is 241 Å². The van der Waals surface area contributed by atoms with Gasteiger partial charge in [-0.3, -0.25) is 18.9 Å². The van der Waals surface area contributed by atoms with Gasteiger partial charge in [-0.1, -0.05) is 38.5 Å². The van der Waals surface area contributed by atoms with Crippen LogP contribution in [-0.2, 0) is 41.1 Å². The molecule has 0 spiro atoms. The molecule has 0 amide bonds. The number of aromatic nitrogens is 2. The van der Waals surface area contributed by atoms with Gasteiger partial charge in [0.15, 0.2) is 0 Å². The third-order valence-corrected chi connectivity index (χ3v) is 9.87. The van der Waals surface area contributed by atoms with Crippen LogP contribution in [0.5, 0.6) is 0 Å². The summed E-state index contributed by atoms with van der Waals surface area (Å²) in [4.78, 5) is 62.7. The van der Waals surface area contributed by atoms with Crippen molar-refractivity contribution in [3.05, 3.63) is 32.6 Å². The van der Waals surface area contributed by atoms with Crippen molar-refractivity contribution in [2.24, 2.45) is 5.73 Å². The van der Waals surface area contributed by atoms with Gasteiger partial charge in [-0.15, -0.1) is 0 Å². The van der Waals surface area contributed by atoms with Crippen molar-refractivity contribution in [1.82, 2.24) is 9.55 Å². The van der Waals surface area contributed by atoms with Gasteiger partial charge in [0.1, 0.15) is 19.1 Å². The largest absolute Gasteiger partial charge is 0.490 e. The number of hydrogen-bond acceptors (Lipinski definition) is 12. The average Bonchev–Trinajstić information content (AvgIpc) is 3.26. The van der Waals surface area contributed by atoms with Crippen molar-refractivity contribution in [2.45, 2.75) is 83.1 Å². The number of rotatable bonds is 21. The highest BCUT2D eigenvalue weighted by atomic mass is 31.3. The van der Waals surface area contributed by atoms with E-state index < -0.39 is 59.8 Å². The van der Waals surface area contributed by atoms with E-state index in [1.54, 1.807) is 0 Å². The summed E-state index contributed by atoms with van der Waals surface area (Å²) in [5, 5.41) is 0. The number of aryl methyl sites for hydroxylation is 1. The second-order valence-corrected chi connectivity index (χ2v) is 14.0. The van der Waals surface area contributed by atoms with Crippen molar-refractivity contribution in [3.8, 4) is 0 Å². The Balaban J connectivity index is 1.92. The molecule has 0 radical (unpaired) electrons. The number of nitrogens with one attached hydrogen (secondary N) is 1. The molecular formula is C21H40N3O15P3. The molecule has 1 aromatic rings. The fourth-order valence-corrected chi connectivity index (χ4v) is 7.10. The molecule has 2 heterocycles. The predicted molar refractivity (Wildman–Crippen MR) is 146 cm³/mol. The van der Waals surface area contributed by atoms with Crippen molar-refractivity contribution >= 4 is 23.5 Å². The van der Waals surface area contributed by atoms with Gasteiger partial charge < -0.3 is 39.5 Å². The number of ether oxygens (including phenoxy) is 3. The monoisotopic (exact) mass is 667 g/mol. The number of nitrogens with zero attached hydrogens (tertiary/aromatic N) is 1. The van der Waals surface area contributed by atoms with Gasteiger partial charge >= 0.3 is 29.2 Å². The zero-order chi connectivity index (χ0) is 31.4. The third kappa shape index (κ3) is 14.1. The summed E-state index contributed by atoms with van der Waals surface area (Å²) in [6.45, 7) is 1.63. The summed E-state index contributed by atoms with van der Waals surface area (Å²) in [6.07, 6.45) is 6.74. The summed E-state index contributed by atoms with van der Waals surface area (Å²) in [7, 11) is -16.7. The molecule has 0 saturated carbocycles. The lowest BCUT2D eigenvalue weighted by molar-refractivity contribution is -0.118. The van der Waals surface area contributed by atoms with Crippen LogP contribution in [0.15, 0.2) is 15.8 Å². The van der Waals surface area contributed by atoms with Crippen molar-refractivity contribution in [1.29, 1.82) is 0 Å². The third-order valence-electron chi connectivity index (χ3n) is 6.06. The quantitative estimate of drug-likeness (QED) is 0.0621. The van der Waals surface area contributed by atoms with Crippen molar-refractivity contribution in [2.75, 3.05) is 26.6 Å². The predicted octanol–water partition coefficient (Wildman–Crippen LogP) is 1.91. The fourth-order valence-electron chi connectivity index (χ4n) is 4.07. The Hall–Kier alpha value is -1.07. The maximum atomic E-state index is 12.3. The molecule has 18 nitrogen and oxygen atoms in total. The molecule has 1 saturated heterocycles. The van der Waals surface area contributed by atoms with Crippen LogP contribution in [0.2, 0.25) is 0 Å². The van der Waals surface area contributed by atoms with Gasteiger partial charge in [-0.2, -0.15) is 8.62 Å². The number of nitrogens with two attached hydrogens (primary N) is 1. The molecule has 21 heteroatoms. The van der Waals surface area contributed by atoms with Gasteiger partial charge in [0.2, 0.25) is 0 Å². The first kappa shape index (κ1) is 37.1. The van der Waals surface area contributed by atoms with Crippen LogP contribution in [-0.4, -0.2) is 67.9 Å². The number of H-pyrrole nitrogens is 1. The van der Waals surface area contributed by atoms with E-state index in [1.807, 2.05) is 0 Å². The van der Waals surface area contributed by atoms with Crippen LogP contribution in [0.1, 0.15) is 69.6 Å². The summed E-state index contributed by atoms with van der Waals surface area (Å²) in [5.41, 5.74) is 4.33.